The van der Waals surface area contributed by atoms with Gasteiger partial charge in [0.2, 0.25) is 0 Å². The van der Waals surface area contributed by atoms with Crippen LogP contribution in [0.3, 0.4) is 0 Å². The van der Waals surface area contributed by atoms with Gasteiger partial charge in [-0.15, -0.1) is 0 Å². The van der Waals surface area contributed by atoms with Crippen molar-refractivity contribution in [3.05, 3.63) is 62.6 Å². The van der Waals surface area contributed by atoms with E-state index in [2.05, 4.69) is 25.2 Å². The van der Waals surface area contributed by atoms with Gasteiger partial charge in [0, 0.05) is 30.1 Å². The minimum Gasteiger partial charge on any atom is -0.467 e. The van der Waals surface area contributed by atoms with E-state index >= 15 is 0 Å². The fourth-order valence-electron chi connectivity index (χ4n) is 3.06. The van der Waals surface area contributed by atoms with E-state index in [9.17, 15) is 4.79 Å². The standard InChI is InChI=1S/C23H29Cl2NO4/c1-5-29-23(27)13-26-12-17-10-20(24)19(21(25)11-17)9-16-6-7-22(30-14-28-4)18(8-16)15(2)3/h6-8,10-11,15,26H,5,9,12-14H2,1-4H3. The van der Waals surface area contributed by atoms with Gasteiger partial charge in [-0.1, -0.05) is 49.2 Å². The summed E-state index contributed by atoms with van der Waals surface area (Å²) in [6.07, 6.45) is 0.610. The van der Waals surface area contributed by atoms with Crippen LogP contribution in [-0.4, -0.2) is 33.0 Å². The van der Waals surface area contributed by atoms with Crippen LogP contribution in [0.15, 0.2) is 30.3 Å². The summed E-state index contributed by atoms with van der Waals surface area (Å²) < 4.78 is 15.6. The number of halogens is 2. The molecule has 2 aromatic carbocycles. The minimum atomic E-state index is -0.287. The lowest BCUT2D eigenvalue weighted by Crippen LogP contribution is -2.24. The second-order valence-electron chi connectivity index (χ2n) is 7.20. The first-order chi connectivity index (χ1) is 14.3. The highest BCUT2D eigenvalue weighted by molar-refractivity contribution is 6.36. The molecule has 0 unspecified atom stereocenters. The molecule has 2 aromatic rings. The lowest BCUT2D eigenvalue weighted by atomic mass is 9.96. The summed E-state index contributed by atoms with van der Waals surface area (Å²) in [7, 11) is 1.60. The quantitative estimate of drug-likeness (QED) is 0.367. The molecule has 0 saturated carbocycles. The lowest BCUT2D eigenvalue weighted by molar-refractivity contribution is -0.142. The van der Waals surface area contributed by atoms with E-state index in [-0.39, 0.29) is 19.3 Å². The fourth-order valence-corrected chi connectivity index (χ4v) is 3.73. The maximum atomic E-state index is 11.4. The second kappa shape index (κ2) is 12.2. The number of ether oxygens (including phenoxy) is 3. The Morgan fingerprint density at radius 3 is 2.40 bits per heavy atom. The van der Waals surface area contributed by atoms with Crippen molar-refractivity contribution in [3.63, 3.8) is 0 Å². The van der Waals surface area contributed by atoms with Crippen LogP contribution in [0.5, 0.6) is 5.75 Å². The Hall–Kier alpha value is -1.79. The number of rotatable bonds is 11. The molecule has 30 heavy (non-hydrogen) atoms. The first-order valence-electron chi connectivity index (χ1n) is 9.93. The smallest absolute Gasteiger partial charge is 0.319 e. The molecule has 2 rings (SSSR count). The van der Waals surface area contributed by atoms with Gasteiger partial charge in [-0.3, -0.25) is 4.79 Å². The lowest BCUT2D eigenvalue weighted by Gasteiger charge is -2.16. The highest BCUT2D eigenvalue weighted by Gasteiger charge is 2.13. The molecule has 0 amide bonds. The number of benzene rings is 2. The molecule has 0 aliphatic carbocycles. The fraction of sp³-hybridized carbons (Fsp3) is 0.435. The molecular weight excluding hydrogens is 425 g/mol. The number of hydrogen-bond acceptors (Lipinski definition) is 5. The molecular formula is C23H29Cl2NO4. The monoisotopic (exact) mass is 453 g/mol. The van der Waals surface area contributed by atoms with Crippen molar-refractivity contribution < 1.29 is 19.0 Å². The maximum absolute atomic E-state index is 11.4. The topological polar surface area (TPSA) is 56.8 Å². The zero-order chi connectivity index (χ0) is 22.1. The third-order valence-corrected chi connectivity index (χ3v) is 5.19. The van der Waals surface area contributed by atoms with Gasteiger partial charge in [0.05, 0.1) is 13.2 Å². The number of methoxy groups -OCH3 is 1. The van der Waals surface area contributed by atoms with Crippen LogP contribution < -0.4 is 10.1 Å². The predicted molar refractivity (Wildman–Crippen MR) is 121 cm³/mol. The molecule has 0 aromatic heterocycles. The molecule has 0 aliphatic rings. The third kappa shape index (κ3) is 7.17. The highest BCUT2D eigenvalue weighted by Crippen LogP contribution is 2.32. The Balaban J connectivity index is 2.13. The Morgan fingerprint density at radius 2 is 1.80 bits per heavy atom. The van der Waals surface area contributed by atoms with E-state index < -0.39 is 0 Å². The Labute approximate surface area is 188 Å². The molecule has 0 radical (unpaired) electrons. The van der Waals surface area contributed by atoms with Gasteiger partial charge in [-0.05, 0) is 53.3 Å². The van der Waals surface area contributed by atoms with Gasteiger partial charge in [0.1, 0.15) is 5.75 Å². The summed E-state index contributed by atoms with van der Waals surface area (Å²) >= 11 is 13.1. The van der Waals surface area contributed by atoms with Crippen LogP contribution in [0, 0.1) is 0 Å². The van der Waals surface area contributed by atoms with Crippen molar-refractivity contribution in [1.29, 1.82) is 0 Å². The van der Waals surface area contributed by atoms with Gasteiger partial charge in [-0.2, -0.15) is 0 Å². The third-order valence-electron chi connectivity index (χ3n) is 4.51. The van der Waals surface area contributed by atoms with Crippen LogP contribution in [0.1, 0.15) is 48.9 Å². The van der Waals surface area contributed by atoms with Gasteiger partial charge in [0.15, 0.2) is 6.79 Å². The number of esters is 1. The van der Waals surface area contributed by atoms with E-state index in [0.29, 0.717) is 35.5 Å². The summed E-state index contributed by atoms with van der Waals surface area (Å²) in [5.41, 5.74) is 3.98. The van der Waals surface area contributed by atoms with E-state index in [4.69, 9.17) is 37.4 Å². The van der Waals surface area contributed by atoms with Crippen molar-refractivity contribution >= 4 is 29.2 Å². The van der Waals surface area contributed by atoms with Crippen LogP contribution in [0.4, 0.5) is 0 Å². The first-order valence-corrected chi connectivity index (χ1v) is 10.7. The molecule has 5 nitrogen and oxygen atoms in total. The Bertz CT molecular complexity index is 832. The van der Waals surface area contributed by atoms with Crippen molar-refractivity contribution in [2.75, 3.05) is 27.1 Å². The number of carbonyl (C=O) groups excluding carboxylic acids is 1. The van der Waals surface area contributed by atoms with Crippen LogP contribution >= 0.6 is 23.2 Å². The molecule has 0 heterocycles. The Kier molecular flexibility index (Phi) is 9.92. The van der Waals surface area contributed by atoms with E-state index in [0.717, 1.165) is 28.0 Å². The summed E-state index contributed by atoms with van der Waals surface area (Å²) in [4.78, 5) is 11.4. The molecule has 0 atom stereocenters. The van der Waals surface area contributed by atoms with E-state index in [1.807, 2.05) is 24.3 Å². The Morgan fingerprint density at radius 1 is 1.10 bits per heavy atom. The van der Waals surface area contributed by atoms with Gasteiger partial charge >= 0.3 is 5.97 Å². The van der Waals surface area contributed by atoms with Crippen molar-refractivity contribution in [3.8, 4) is 5.75 Å². The summed E-state index contributed by atoms with van der Waals surface area (Å²) in [5, 5.41) is 4.23. The minimum absolute atomic E-state index is 0.139. The van der Waals surface area contributed by atoms with Crippen molar-refractivity contribution in [2.45, 2.75) is 39.7 Å². The summed E-state index contributed by atoms with van der Waals surface area (Å²) in [5.74, 6) is 0.830. The zero-order valence-electron chi connectivity index (χ0n) is 17.9. The van der Waals surface area contributed by atoms with Crippen molar-refractivity contribution in [2.24, 2.45) is 0 Å². The average molecular weight is 454 g/mol. The van der Waals surface area contributed by atoms with Crippen LogP contribution in [-0.2, 0) is 27.2 Å². The summed E-state index contributed by atoms with van der Waals surface area (Å²) in [6, 6.07) is 9.84. The van der Waals surface area contributed by atoms with E-state index in [1.54, 1.807) is 14.0 Å². The maximum Gasteiger partial charge on any atom is 0.319 e. The van der Waals surface area contributed by atoms with Crippen LogP contribution in [0.2, 0.25) is 10.0 Å². The molecule has 7 heteroatoms. The molecule has 1 N–H and O–H groups in total. The van der Waals surface area contributed by atoms with Gasteiger partial charge < -0.3 is 19.5 Å². The molecule has 0 fully saturated rings. The molecule has 0 aliphatic heterocycles. The molecule has 164 valence electrons. The van der Waals surface area contributed by atoms with E-state index in [1.165, 1.54) is 0 Å². The number of carbonyl (C=O) groups is 1. The SMILES string of the molecule is CCOC(=O)CNCc1cc(Cl)c(Cc2ccc(OCOC)c(C(C)C)c2)c(Cl)c1. The molecule has 0 saturated heterocycles. The first kappa shape index (κ1) is 24.5. The normalized spacial score (nSPS) is 11.0. The number of hydrogen-bond donors (Lipinski definition) is 1. The zero-order valence-corrected chi connectivity index (χ0v) is 19.4. The average Bonchev–Trinajstić information content (AvgIpc) is 2.69. The molecule has 0 bridgehead atoms. The van der Waals surface area contributed by atoms with Crippen molar-refractivity contribution in [1.82, 2.24) is 5.32 Å². The van der Waals surface area contributed by atoms with Gasteiger partial charge in [0.25, 0.3) is 0 Å². The van der Waals surface area contributed by atoms with Crippen LogP contribution in [0.25, 0.3) is 0 Å². The molecule has 0 spiro atoms. The second-order valence-corrected chi connectivity index (χ2v) is 8.02. The largest absolute Gasteiger partial charge is 0.467 e. The highest BCUT2D eigenvalue weighted by atomic mass is 35.5. The summed E-state index contributed by atoms with van der Waals surface area (Å²) in [6.45, 7) is 7.21. The predicted octanol–water partition coefficient (Wildman–Crippen LogP) is 5.34. The van der Waals surface area contributed by atoms with Gasteiger partial charge in [-0.25, -0.2) is 0 Å². The number of nitrogens with one attached hydrogen (secondary N) is 1.